The topological polar surface area (TPSA) is 118 Å². The minimum absolute atomic E-state index is 0.0621. The van der Waals surface area contributed by atoms with Crippen molar-refractivity contribution in [2.24, 2.45) is 10.7 Å². The molecule has 0 saturated heterocycles. The van der Waals surface area contributed by atoms with E-state index in [1.165, 1.54) is 0 Å². The van der Waals surface area contributed by atoms with Gasteiger partial charge in [-0.25, -0.2) is 4.99 Å². The molecule has 114 valence electrons. The molecule has 0 fully saturated rings. The van der Waals surface area contributed by atoms with E-state index in [9.17, 15) is 0 Å². The van der Waals surface area contributed by atoms with Crippen LogP contribution >= 0.6 is 0 Å². The quantitative estimate of drug-likeness (QED) is 0.384. The average Bonchev–Trinajstić information content (AvgIpc) is 2.56. The normalized spacial score (nSPS) is 15.9. The van der Waals surface area contributed by atoms with Gasteiger partial charge in [0.15, 0.2) is 0 Å². The van der Waals surface area contributed by atoms with Gasteiger partial charge in [0, 0.05) is 18.1 Å². The van der Waals surface area contributed by atoms with Gasteiger partial charge in [-0.15, -0.1) is 0 Å². The molecule has 0 saturated carbocycles. The number of hydrogen-bond acceptors (Lipinski definition) is 4. The van der Waals surface area contributed by atoms with Crippen LogP contribution in [-0.2, 0) is 0 Å². The second-order valence-electron chi connectivity index (χ2n) is 5.06. The lowest BCUT2D eigenvalue weighted by molar-refractivity contribution is -0.534. The Kier molecular flexibility index (Phi) is 3.99. The minimum Gasteiger partial charge on any atom is -0.399 e. The minimum atomic E-state index is -0.0621. The standard InChI is InChI=1S/C17H16N6/c18-13-5-3-4-11(8-13)12-9-22-17(23-10-12)15(16(19)20)14-6-1-2-7-21-14/h1-10,22H,18H2,(H3,19,20)/p+1/b17-15+. The van der Waals surface area contributed by atoms with E-state index in [2.05, 4.69) is 9.98 Å². The van der Waals surface area contributed by atoms with Crippen molar-refractivity contribution in [3.63, 3.8) is 0 Å². The zero-order valence-corrected chi connectivity index (χ0v) is 12.4. The summed E-state index contributed by atoms with van der Waals surface area (Å²) in [5.41, 5.74) is 15.3. The Bertz CT molecular complexity index is 833. The molecule has 6 nitrogen and oxygen atoms in total. The number of pyridine rings is 1. The van der Waals surface area contributed by atoms with Crippen molar-refractivity contribution in [2.45, 2.75) is 0 Å². The highest BCUT2D eigenvalue weighted by molar-refractivity contribution is 6.21. The number of aliphatic imine (C=N–C) groups is 1. The molecule has 6 heteroatoms. The summed E-state index contributed by atoms with van der Waals surface area (Å²) in [6.07, 6.45) is 5.35. The number of nitrogens with zero attached hydrogens (tertiary/aromatic N) is 2. The van der Waals surface area contributed by atoms with Crippen LogP contribution in [0.4, 0.5) is 5.69 Å². The third-order valence-corrected chi connectivity index (χ3v) is 3.43. The first-order valence-corrected chi connectivity index (χ1v) is 7.10. The first-order valence-electron chi connectivity index (χ1n) is 7.10. The lowest BCUT2D eigenvalue weighted by Crippen LogP contribution is -2.77. The Morgan fingerprint density at radius 1 is 1.13 bits per heavy atom. The third kappa shape index (κ3) is 3.17. The van der Waals surface area contributed by atoms with Crippen LogP contribution in [0.2, 0.25) is 0 Å². The van der Waals surface area contributed by atoms with E-state index in [4.69, 9.17) is 16.9 Å². The zero-order valence-electron chi connectivity index (χ0n) is 12.4. The molecule has 1 aliphatic heterocycles. The molecular weight excluding hydrogens is 288 g/mol. The summed E-state index contributed by atoms with van der Waals surface area (Å²) in [5.74, 6) is 0.553. The molecule has 3 rings (SSSR count). The van der Waals surface area contributed by atoms with Crippen molar-refractivity contribution >= 4 is 28.9 Å². The number of quaternary nitrogens is 1. The number of nitrogen functional groups attached to an aromatic ring is 1. The highest BCUT2D eigenvalue weighted by atomic mass is 15.0. The third-order valence-electron chi connectivity index (χ3n) is 3.43. The number of aromatic nitrogens is 1. The smallest absolute Gasteiger partial charge is 0.242 e. The van der Waals surface area contributed by atoms with E-state index in [1.807, 2.05) is 54.0 Å². The van der Waals surface area contributed by atoms with E-state index in [-0.39, 0.29) is 5.84 Å². The summed E-state index contributed by atoms with van der Waals surface area (Å²) in [5, 5.41) is 9.65. The molecule has 1 aromatic carbocycles. The van der Waals surface area contributed by atoms with Gasteiger partial charge in [-0.3, -0.25) is 15.7 Å². The van der Waals surface area contributed by atoms with Gasteiger partial charge < -0.3 is 11.5 Å². The molecule has 2 heterocycles. The molecule has 7 N–H and O–H groups in total. The summed E-state index contributed by atoms with van der Waals surface area (Å²) in [7, 11) is 0. The Morgan fingerprint density at radius 2 is 2.00 bits per heavy atom. The maximum absolute atomic E-state index is 7.82. The Balaban J connectivity index is 1.95. The van der Waals surface area contributed by atoms with Crippen molar-refractivity contribution in [3.8, 4) is 0 Å². The van der Waals surface area contributed by atoms with E-state index in [0.717, 1.165) is 11.1 Å². The number of benzene rings is 1. The molecule has 1 aliphatic rings. The van der Waals surface area contributed by atoms with Crippen LogP contribution in [0, 0.1) is 5.41 Å². The molecule has 0 radical (unpaired) electrons. The predicted molar refractivity (Wildman–Crippen MR) is 92.3 cm³/mol. The van der Waals surface area contributed by atoms with Crippen molar-refractivity contribution < 1.29 is 5.32 Å². The average molecular weight is 305 g/mol. The van der Waals surface area contributed by atoms with Gasteiger partial charge in [0.25, 0.3) is 0 Å². The fourth-order valence-electron chi connectivity index (χ4n) is 2.35. The Morgan fingerprint density at radius 3 is 2.61 bits per heavy atom. The summed E-state index contributed by atoms with van der Waals surface area (Å²) >= 11 is 0. The highest BCUT2D eigenvalue weighted by Gasteiger charge is 2.19. The van der Waals surface area contributed by atoms with Crippen LogP contribution < -0.4 is 16.8 Å². The van der Waals surface area contributed by atoms with Gasteiger partial charge in [0.1, 0.15) is 17.6 Å². The van der Waals surface area contributed by atoms with E-state index >= 15 is 0 Å². The second kappa shape index (κ2) is 6.25. The summed E-state index contributed by atoms with van der Waals surface area (Å²) in [6, 6.07) is 13.1. The number of allylic oxidation sites excluding steroid dienone is 1. The largest absolute Gasteiger partial charge is 0.399 e. The number of nitrogens with two attached hydrogens (primary N) is 3. The lowest BCUT2D eigenvalue weighted by atomic mass is 10.1. The molecule has 1 aromatic heterocycles. The first-order chi connectivity index (χ1) is 11.1. The predicted octanol–water partition coefficient (Wildman–Crippen LogP) is 0.957. The Labute approximate surface area is 133 Å². The SMILES string of the molecule is N=C(N)/C(=C1/N=CC(c2cccc(N)c2)=C[NH2+]1)c1ccccn1. The lowest BCUT2D eigenvalue weighted by Gasteiger charge is -2.11. The number of amidine groups is 1. The van der Waals surface area contributed by atoms with E-state index < -0.39 is 0 Å². The van der Waals surface area contributed by atoms with Crippen molar-refractivity contribution in [1.29, 1.82) is 5.41 Å². The molecular formula is C17H17N6+. The summed E-state index contributed by atoms with van der Waals surface area (Å²) in [4.78, 5) is 8.70. The first kappa shape index (κ1) is 14.7. The van der Waals surface area contributed by atoms with Gasteiger partial charge in [0.2, 0.25) is 5.82 Å². The van der Waals surface area contributed by atoms with Crippen LogP contribution in [-0.4, -0.2) is 17.0 Å². The molecule has 0 bridgehead atoms. The molecule has 0 atom stereocenters. The van der Waals surface area contributed by atoms with Gasteiger partial charge in [-0.2, -0.15) is 0 Å². The number of anilines is 1. The number of rotatable bonds is 3. The van der Waals surface area contributed by atoms with Crippen LogP contribution in [0.3, 0.4) is 0 Å². The number of nitrogens with one attached hydrogen (secondary N) is 1. The van der Waals surface area contributed by atoms with Crippen LogP contribution in [0.25, 0.3) is 11.1 Å². The molecule has 0 spiro atoms. The maximum Gasteiger partial charge on any atom is 0.242 e. The molecule has 23 heavy (non-hydrogen) atoms. The molecule has 0 amide bonds. The molecule has 2 aromatic rings. The fourth-order valence-corrected chi connectivity index (χ4v) is 2.35. The maximum atomic E-state index is 7.82. The van der Waals surface area contributed by atoms with Crippen LogP contribution in [0.15, 0.2) is 65.7 Å². The van der Waals surface area contributed by atoms with Crippen molar-refractivity contribution in [1.82, 2.24) is 4.98 Å². The van der Waals surface area contributed by atoms with E-state index in [0.29, 0.717) is 22.8 Å². The zero-order chi connectivity index (χ0) is 16.2. The Hall–Kier alpha value is -3.25. The van der Waals surface area contributed by atoms with Gasteiger partial charge >= 0.3 is 0 Å². The highest BCUT2D eigenvalue weighted by Crippen LogP contribution is 2.19. The van der Waals surface area contributed by atoms with E-state index in [1.54, 1.807) is 12.4 Å². The second-order valence-corrected chi connectivity index (χ2v) is 5.06. The van der Waals surface area contributed by atoms with Gasteiger partial charge in [-0.05, 0) is 29.8 Å². The molecule has 0 unspecified atom stereocenters. The fraction of sp³-hybridized carbons (Fsp3) is 0. The monoisotopic (exact) mass is 305 g/mol. The summed E-state index contributed by atoms with van der Waals surface area (Å²) in [6.45, 7) is 0. The van der Waals surface area contributed by atoms with Gasteiger partial charge in [0.05, 0.1) is 11.3 Å². The molecule has 0 aliphatic carbocycles. The number of hydrogen-bond donors (Lipinski definition) is 4. The van der Waals surface area contributed by atoms with Crippen molar-refractivity contribution in [2.75, 3.05) is 5.73 Å². The summed E-state index contributed by atoms with van der Waals surface area (Å²) < 4.78 is 0. The van der Waals surface area contributed by atoms with Crippen molar-refractivity contribution in [3.05, 3.63) is 71.9 Å². The van der Waals surface area contributed by atoms with Crippen LogP contribution in [0.5, 0.6) is 0 Å². The van der Waals surface area contributed by atoms with Gasteiger partial charge in [-0.1, -0.05) is 18.2 Å². The van der Waals surface area contributed by atoms with Crippen LogP contribution in [0.1, 0.15) is 11.3 Å².